The SMILES string of the molecule is COc1cc2oc(=O)c(CC(=O)NC(CSC)C(=O)O)c(C)c2cc1OC. The first kappa shape index (κ1) is 20.6. The molecule has 0 spiro atoms. The number of thioether (sulfide) groups is 1. The van der Waals surface area contributed by atoms with Crippen molar-refractivity contribution >= 4 is 34.6 Å². The third-order valence-corrected chi connectivity index (χ3v) is 4.76. The summed E-state index contributed by atoms with van der Waals surface area (Å²) >= 11 is 1.30. The normalized spacial score (nSPS) is 11.9. The number of carboxylic acids is 1. The number of aliphatic carboxylic acids is 1. The lowest BCUT2D eigenvalue weighted by molar-refractivity contribution is -0.141. The van der Waals surface area contributed by atoms with Crippen LogP contribution in [-0.2, 0) is 16.0 Å². The molecule has 27 heavy (non-hydrogen) atoms. The standard InChI is InChI=1S/C18H21NO7S/c1-9-10-5-14(24-2)15(25-3)7-13(10)26-18(23)11(9)6-16(20)19-12(8-27-4)17(21)22/h5,7,12H,6,8H2,1-4H3,(H,19,20)(H,21,22). The summed E-state index contributed by atoms with van der Waals surface area (Å²) in [6.07, 6.45) is 1.46. The summed E-state index contributed by atoms with van der Waals surface area (Å²) in [5, 5.41) is 12.2. The third-order valence-electron chi connectivity index (χ3n) is 4.10. The minimum atomic E-state index is -1.13. The smallest absolute Gasteiger partial charge is 0.340 e. The highest BCUT2D eigenvalue weighted by molar-refractivity contribution is 7.98. The molecule has 1 unspecified atom stereocenters. The molecular weight excluding hydrogens is 374 g/mol. The van der Waals surface area contributed by atoms with Gasteiger partial charge in [0.25, 0.3) is 0 Å². The molecule has 146 valence electrons. The Morgan fingerprint density at radius 1 is 1.26 bits per heavy atom. The maximum atomic E-state index is 12.3. The quantitative estimate of drug-likeness (QED) is 0.648. The van der Waals surface area contributed by atoms with Crippen LogP contribution in [0.3, 0.4) is 0 Å². The number of rotatable bonds is 8. The number of fused-ring (bicyclic) bond motifs is 1. The van der Waals surface area contributed by atoms with Crippen LogP contribution in [0, 0.1) is 6.92 Å². The number of carbonyl (C=O) groups is 2. The highest BCUT2D eigenvalue weighted by Gasteiger charge is 2.22. The zero-order chi connectivity index (χ0) is 20.1. The molecule has 1 aromatic carbocycles. The maximum Gasteiger partial charge on any atom is 0.340 e. The van der Waals surface area contributed by atoms with Crippen LogP contribution in [0.15, 0.2) is 21.3 Å². The summed E-state index contributed by atoms with van der Waals surface area (Å²) in [5.74, 6) is -0.588. The lowest BCUT2D eigenvalue weighted by Crippen LogP contribution is -2.43. The molecule has 0 aliphatic rings. The van der Waals surface area contributed by atoms with E-state index in [9.17, 15) is 14.4 Å². The Kier molecular flexibility index (Phi) is 6.73. The molecule has 1 amide bonds. The lowest BCUT2D eigenvalue weighted by atomic mass is 10.0. The average molecular weight is 395 g/mol. The summed E-state index contributed by atoms with van der Waals surface area (Å²) in [7, 11) is 2.96. The molecule has 9 heteroatoms. The third kappa shape index (κ3) is 4.54. The monoisotopic (exact) mass is 395 g/mol. The summed E-state index contributed by atoms with van der Waals surface area (Å²) < 4.78 is 15.8. The fourth-order valence-electron chi connectivity index (χ4n) is 2.67. The van der Waals surface area contributed by atoms with Crippen LogP contribution in [-0.4, -0.2) is 49.3 Å². The highest BCUT2D eigenvalue weighted by atomic mass is 32.2. The number of ether oxygens (including phenoxy) is 2. The van der Waals surface area contributed by atoms with Gasteiger partial charge in [-0.1, -0.05) is 0 Å². The number of hydrogen-bond donors (Lipinski definition) is 2. The van der Waals surface area contributed by atoms with Gasteiger partial charge in [-0.3, -0.25) is 4.79 Å². The van der Waals surface area contributed by atoms with Crippen LogP contribution in [0.5, 0.6) is 11.5 Å². The molecule has 2 rings (SSSR count). The van der Waals surface area contributed by atoms with Crippen LogP contribution in [0.25, 0.3) is 11.0 Å². The fraction of sp³-hybridized carbons (Fsp3) is 0.389. The van der Waals surface area contributed by atoms with Crippen molar-refractivity contribution in [3.8, 4) is 11.5 Å². The molecule has 0 fully saturated rings. The highest BCUT2D eigenvalue weighted by Crippen LogP contribution is 2.33. The summed E-state index contributed by atoms with van der Waals surface area (Å²) in [6.45, 7) is 1.70. The van der Waals surface area contributed by atoms with Crippen molar-refractivity contribution in [2.45, 2.75) is 19.4 Å². The van der Waals surface area contributed by atoms with Crippen molar-refractivity contribution in [3.63, 3.8) is 0 Å². The predicted octanol–water partition coefficient (Wildman–Crippen LogP) is 1.59. The number of hydrogen-bond acceptors (Lipinski definition) is 7. The van der Waals surface area contributed by atoms with Crippen molar-refractivity contribution in [1.29, 1.82) is 0 Å². The first-order chi connectivity index (χ1) is 12.8. The molecule has 0 saturated carbocycles. The van der Waals surface area contributed by atoms with Gasteiger partial charge in [0, 0.05) is 17.2 Å². The molecule has 0 aliphatic heterocycles. The van der Waals surface area contributed by atoms with E-state index in [0.29, 0.717) is 28.0 Å². The van der Waals surface area contributed by atoms with Crippen LogP contribution in [0.2, 0.25) is 0 Å². The fourth-order valence-corrected chi connectivity index (χ4v) is 3.23. The largest absolute Gasteiger partial charge is 0.493 e. The van der Waals surface area contributed by atoms with Gasteiger partial charge in [-0.25, -0.2) is 9.59 Å². The number of methoxy groups -OCH3 is 2. The molecule has 1 heterocycles. The Hall–Kier alpha value is -2.68. The predicted molar refractivity (Wildman–Crippen MR) is 102 cm³/mol. The van der Waals surface area contributed by atoms with E-state index in [1.807, 2.05) is 0 Å². The number of carbonyl (C=O) groups excluding carboxylic acids is 1. The zero-order valence-corrected chi connectivity index (χ0v) is 16.3. The topological polar surface area (TPSA) is 115 Å². The van der Waals surface area contributed by atoms with Crippen LogP contribution < -0.4 is 20.4 Å². The van der Waals surface area contributed by atoms with Crippen molar-refractivity contribution in [1.82, 2.24) is 5.32 Å². The number of carboxylic acid groups (broad SMARTS) is 1. The number of nitrogens with one attached hydrogen (secondary N) is 1. The van der Waals surface area contributed by atoms with Gasteiger partial charge in [0.1, 0.15) is 11.6 Å². The van der Waals surface area contributed by atoms with Crippen molar-refractivity contribution in [3.05, 3.63) is 33.7 Å². The maximum absolute atomic E-state index is 12.3. The second-order valence-electron chi connectivity index (χ2n) is 5.79. The number of aryl methyl sites for hydroxylation is 1. The molecule has 1 atom stereocenters. The minimum Gasteiger partial charge on any atom is -0.493 e. The Morgan fingerprint density at radius 3 is 2.44 bits per heavy atom. The van der Waals surface area contributed by atoms with Gasteiger partial charge < -0.3 is 24.3 Å². The van der Waals surface area contributed by atoms with Gasteiger partial charge in [0.05, 0.1) is 26.2 Å². The van der Waals surface area contributed by atoms with Gasteiger partial charge >= 0.3 is 11.6 Å². The summed E-state index contributed by atoms with van der Waals surface area (Å²) in [4.78, 5) is 35.8. The average Bonchev–Trinajstić information content (AvgIpc) is 2.63. The second kappa shape index (κ2) is 8.81. The first-order valence-corrected chi connectivity index (χ1v) is 9.41. The molecule has 8 nitrogen and oxygen atoms in total. The van der Waals surface area contributed by atoms with Crippen molar-refractivity contribution < 1.29 is 28.6 Å². The van der Waals surface area contributed by atoms with Gasteiger partial charge in [-0.05, 0) is 24.8 Å². The molecule has 0 radical (unpaired) electrons. The van der Waals surface area contributed by atoms with E-state index in [2.05, 4.69) is 5.32 Å². The second-order valence-corrected chi connectivity index (χ2v) is 6.70. The molecule has 1 aromatic heterocycles. The summed E-state index contributed by atoms with van der Waals surface area (Å²) in [6, 6.07) is 2.19. The van der Waals surface area contributed by atoms with E-state index < -0.39 is 23.5 Å². The van der Waals surface area contributed by atoms with Crippen LogP contribution >= 0.6 is 11.8 Å². The van der Waals surface area contributed by atoms with E-state index in [0.717, 1.165) is 0 Å². The molecule has 0 aliphatic carbocycles. The molecule has 0 saturated heterocycles. The summed E-state index contributed by atoms with van der Waals surface area (Å²) in [5.41, 5.74) is 0.388. The van der Waals surface area contributed by atoms with E-state index in [-0.39, 0.29) is 17.7 Å². The Balaban J connectivity index is 2.39. The first-order valence-electron chi connectivity index (χ1n) is 8.01. The van der Waals surface area contributed by atoms with Crippen LogP contribution in [0.4, 0.5) is 0 Å². The van der Waals surface area contributed by atoms with Crippen LogP contribution in [0.1, 0.15) is 11.1 Å². The Labute approximate surface area is 159 Å². The number of amides is 1. The Bertz CT molecular complexity index is 922. The van der Waals surface area contributed by atoms with Gasteiger partial charge in [0.2, 0.25) is 5.91 Å². The van der Waals surface area contributed by atoms with Crippen molar-refractivity contribution in [2.75, 3.05) is 26.2 Å². The van der Waals surface area contributed by atoms with E-state index in [1.165, 1.54) is 26.0 Å². The molecule has 2 aromatic rings. The molecule has 0 bridgehead atoms. The van der Waals surface area contributed by atoms with Crippen molar-refractivity contribution in [2.24, 2.45) is 0 Å². The minimum absolute atomic E-state index is 0.167. The molecular formula is C18H21NO7S. The van der Waals surface area contributed by atoms with E-state index >= 15 is 0 Å². The van der Waals surface area contributed by atoms with E-state index in [4.69, 9.17) is 19.0 Å². The number of benzene rings is 1. The lowest BCUT2D eigenvalue weighted by Gasteiger charge is -2.14. The van der Waals surface area contributed by atoms with Gasteiger partial charge in [-0.15, -0.1) is 0 Å². The van der Waals surface area contributed by atoms with E-state index in [1.54, 1.807) is 25.3 Å². The van der Waals surface area contributed by atoms with Gasteiger partial charge in [0.15, 0.2) is 11.5 Å². The zero-order valence-electron chi connectivity index (χ0n) is 15.5. The van der Waals surface area contributed by atoms with Gasteiger partial charge in [-0.2, -0.15) is 11.8 Å². The Morgan fingerprint density at radius 2 is 1.89 bits per heavy atom. The molecule has 2 N–H and O–H groups in total.